The number of rotatable bonds is 6. The molecule has 0 radical (unpaired) electrons. The van der Waals surface area contributed by atoms with Crippen molar-refractivity contribution < 1.29 is 27.9 Å². The lowest BCUT2D eigenvalue weighted by atomic mass is 9.90. The summed E-state index contributed by atoms with van der Waals surface area (Å²) in [5.41, 5.74) is -1.72. The van der Waals surface area contributed by atoms with Gasteiger partial charge in [-0.05, 0) is 31.9 Å². The number of carbonyl (C=O) groups is 2. The van der Waals surface area contributed by atoms with Gasteiger partial charge in [0.2, 0.25) is 0 Å². The third kappa shape index (κ3) is 4.99. The molecular weight excluding hydrogens is 353 g/mol. The lowest BCUT2D eigenvalue weighted by Crippen LogP contribution is -2.41. The minimum Gasteiger partial charge on any atom is -0.481 e. The smallest absolute Gasteiger partial charge is 0.417 e. The first-order valence-corrected chi connectivity index (χ1v) is 8.15. The van der Waals surface area contributed by atoms with Gasteiger partial charge in [0.05, 0.1) is 11.0 Å². The Morgan fingerprint density at radius 2 is 2.08 bits per heavy atom. The number of aromatic nitrogens is 1. The minimum absolute atomic E-state index is 0.169. The number of pyridine rings is 1. The summed E-state index contributed by atoms with van der Waals surface area (Å²) in [6.07, 6.45) is -2.70. The number of nitrogens with zero attached hydrogens (tertiary/aromatic N) is 2. The average Bonchev–Trinajstić information content (AvgIpc) is 2.98. The van der Waals surface area contributed by atoms with E-state index in [1.54, 1.807) is 6.92 Å². The number of halogens is 3. The lowest BCUT2D eigenvalue weighted by Gasteiger charge is -2.20. The Balaban J connectivity index is 1.66. The largest absolute Gasteiger partial charge is 0.481 e. The van der Waals surface area contributed by atoms with Crippen LogP contribution in [-0.4, -0.2) is 53.2 Å². The predicted octanol–water partition coefficient (Wildman–Crippen LogP) is 2.41. The highest BCUT2D eigenvalue weighted by Gasteiger charge is 2.42. The van der Waals surface area contributed by atoms with Gasteiger partial charge in [-0.3, -0.25) is 4.79 Å². The Bertz CT molecular complexity index is 651. The van der Waals surface area contributed by atoms with Crippen molar-refractivity contribution in [3.8, 4) is 0 Å². The van der Waals surface area contributed by atoms with Gasteiger partial charge < -0.3 is 20.6 Å². The Hall–Kier alpha value is -2.52. The van der Waals surface area contributed by atoms with E-state index in [-0.39, 0.29) is 12.6 Å². The third-order valence-electron chi connectivity index (χ3n) is 4.30. The molecular formula is C16H21F3N4O3. The van der Waals surface area contributed by atoms with Gasteiger partial charge in [0.15, 0.2) is 0 Å². The van der Waals surface area contributed by atoms with Gasteiger partial charge in [-0.25, -0.2) is 9.78 Å². The van der Waals surface area contributed by atoms with Crippen molar-refractivity contribution in [3.05, 3.63) is 23.9 Å². The van der Waals surface area contributed by atoms with Crippen LogP contribution < -0.4 is 10.6 Å². The van der Waals surface area contributed by atoms with Crippen LogP contribution in [0.4, 0.5) is 23.8 Å². The lowest BCUT2D eigenvalue weighted by molar-refractivity contribution is -0.147. The Morgan fingerprint density at radius 1 is 1.35 bits per heavy atom. The van der Waals surface area contributed by atoms with Crippen LogP contribution in [0.15, 0.2) is 18.3 Å². The highest BCUT2D eigenvalue weighted by Crippen LogP contribution is 2.30. The molecule has 2 heterocycles. The first-order chi connectivity index (χ1) is 12.1. The highest BCUT2D eigenvalue weighted by molar-refractivity contribution is 5.79. The van der Waals surface area contributed by atoms with Gasteiger partial charge in [-0.15, -0.1) is 0 Å². The molecule has 1 aliphatic heterocycles. The zero-order valence-electron chi connectivity index (χ0n) is 14.3. The summed E-state index contributed by atoms with van der Waals surface area (Å²) in [6, 6.07) is 1.88. The molecule has 0 aromatic carbocycles. The van der Waals surface area contributed by atoms with Crippen LogP contribution in [0, 0.1) is 5.41 Å². The summed E-state index contributed by atoms with van der Waals surface area (Å²) in [5, 5.41) is 14.7. The second-order valence-electron chi connectivity index (χ2n) is 6.48. The molecule has 10 heteroatoms. The average molecular weight is 374 g/mol. The standard InChI is InChI=1S/C16H21F3N4O3/c1-15(13(24)25)5-8-23(10-15)14(26)21-7-2-6-20-12-4-3-11(9-22-12)16(17,18)19/h3-4,9H,2,5-8,10H2,1H3,(H,20,22)(H,21,26)(H,24,25). The van der Waals surface area contributed by atoms with Crippen molar-refractivity contribution in [2.75, 3.05) is 31.5 Å². The molecule has 26 heavy (non-hydrogen) atoms. The Kier molecular flexibility index (Phi) is 5.94. The van der Waals surface area contributed by atoms with Crippen molar-refractivity contribution in [2.45, 2.75) is 25.9 Å². The van der Waals surface area contributed by atoms with Gasteiger partial charge in [0.1, 0.15) is 5.82 Å². The maximum Gasteiger partial charge on any atom is 0.417 e. The van der Waals surface area contributed by atoms with Gasteiger partial charge in [0.25, 0.3) is 0 Å². The molecule has 2 rings (SSSR count). The monoisotopic (exact) mass is 374 g/mol. The molecule has 1 atom stereocenters. The number of hydrogen-bond donors (Lipinski definition) is 3. The van der Waals surface area contributed by atoms with Crippen LogP contribution in [0.25, 0.3) is 0 Å². The molecule has 7 nitrogen and oxygen atoms in total. The van der Waals surface area contributed by atoms with Crippen molar-refractivity contribution in [2.24, 2.45) is 5.41 Å². The topological polar surface area (TPSA) is 94.6 Å². The fourth-order valence-corrected chi connectivity index (χ4v) is 2.59. The molecule has 1 aromatic heterocycles. The van der Waals surface area contributed by atoms with Crippen LogP contribution in [0.2, 0.25) is 0 Å². The summed E-state index contributed by atoms with van der Waals surface area (Å²) >= 11 is 0. The maximum atomic E-state index is 12.4. The van der Waals surface area contributed by atoms with Crippen molar-refractivity contribution in [3.63, 3.8) is 0 Å². The van der Waals surface area contributed by atoms with Crippen molar-refractivity contribution >= 4 is 17.8 Å². The highest BCUT2D eigenvalue weighted by atomic mass is 19.4. The van der Waals surface area contributed by atoms with E-state index in [2.05, 4.69) is 15.6 Å². The fraction of sp³-hybridized carbons (Fsp3) is 0.562. The number of urea groups is 1. The second-order valence-corrected chi connectivity index (χ2v) is 6.48. The molecule has 1 unspecified atom stereocenters. The van der Waals surface area contributed by atoms with Crippen molar-refractivity contribution in [1.82, 2.24) is 15.2 Å². The summed E-state index contributed by atoms with van der Waals surface area (Å²) in [6.45, 7) is 2.95. The predicted molar refractivity (Wildman–Crippen MR) is 87.7 cm³/mol. The molecule has 0 saturated carbocycles. The summed E-state index contributed by atoms with van der Waals surface area (Å²) in [4.78, 5) is 28.3. The summed E-state index contributed by atoms with van der Waals surface area (Å²) in [5.74, 6) is -0.595. The van der Waals surface area contributed by atoms with E-state index < -0.39 is 23.1 Å². The van der Waals surface area contributed by atoms with Crippen LogP contribution in [0.5, 0.6) is 0 Å². The Morgan fingerprint density at radius 3 is 2.62 bits per heavy atom. The molecule has 0 bridgehead atoms. The second kappa shape index (κ2) is 7.79. The van der Waals surface area contributed by atoms with Crippen LogP contribution in [0.1, 0.15) is 25.3 Å². The zero-order valence-corrected chi connectivity index (χ0v) is 14.3. The quantitative estimate of drug-likeness (QED) is 0.665. The molecule has 1 saturated heterocycles. The first-order valence-electron chi connectivity index (χ1n) is 8.15. The van der Waals surface area contributed by atoms with E-state index in [4.69, 9.17) is 5.11 Å². The van der Waals surface area contributed by atoms with Gasteiger partial charge in [-0.1, -0.05) is 0 Å². The molecule has 0 aliphatic carbocycles. The molecule has 2 amide bonds. The van der Waals surface area contributed by atoms with Crippen LogP contribution in [0.3, 0.4) is 0 Å². The number of amides is 2. The molecule has 1 aliphatic rings. The first kappa shape index (κ1) is 19.8. The number of likely N-dealkylation sites (tertiary alicyclic amines) is 1. The molecule has 3 N–H and O–H groups in total. The minimum atomic E-state index is -4.41. The van der Waals surface area contributed by atoms with E-state index >= 15 is 0 Å². The number of alkyl halides is 3. The van der Waals surface area contributed by atoms with E-state index in [0.29, 0.717) is 38.3 Å². The van der Waals surface area contributed by atoms with Gasteiger partial charge in [-0.2, -0.15) is 13.2 Å². The number of aliphatic carboxylic acids is 1. The molecule has 0 spiro atoms. The summed E-state index contributed by atoms with van der Waals surface area (Å²) < 4.78 is 37.3. The van der Waals surface area contributed by atoms with Crippen molar-refractivity contribution in [1.29, 1.82) is 0 Å². The van der Waals surface area contributed by atoms with Crippen LogP contribution in [-0.2, 0) is 11.0 Å². The fourth-order valence-electron chi connectivity index (χ4n) is 2.59. The van der Waals surface area contributed by atoms with Gasteiger partial charge >= 0.3 is 18.2 Å². The van der Waals surface area contributed by atoms with E-state index in [1.165, 1.54) is 11.0 Å². The number of carbonyl (C=O) groups excluding carboxylic acids is 1. The van der Waals surface area contributed by atoms with Crippen LogP contribution >= 0.6 is 0 Å². The Labute approximate surface area is 148 Å². The maximum absolute atomic E-state index is 12.4. The number of nitrogens with one attached hydrogen (secondary N) is 2. The number of carboxylic acids is 1. The van der Waals surface area contributed by atoms with E-state index in [1.807, 2.05) is 0 Å². The molecule has 1 fully saturated rings. The third-order valence-corrected chi connectivity index (χ3v) is 4.30. The summed E-state index contributed by atoms with van der Waals surface area (Å²) in [7, 11) is 0. The van der Waals surface area contributed by atoms with Gasteiger partial charge in [0, 0.05) is 32.4 Å². The van der Waals surface area contributed by atoms with E-state index in [9.17, 15) is 22.8 Å². The normalized spacial score (nSPS) is 20.1. The number of anilines is 1. The number of hydrogen-bond acceptors (Lipinski definition) is 4. The molecule has 1 aromatic rings. The zero-order chi connectivity index (χ0) is 19.4. The van der Waals surface area contributed by atoms with E-state index in [0.717, 1.165) is 12.3 Å². The molecule has 144 valence electrons. The number of carboxylic acid groups (broad SMARTS) is 1. The SMILES string of the molecule is CC1(C(=O)O)CCN(C(=O)NCCCNc2ccc(C(F)(F)F)cn2)C1.